The summed E-state index contributed by atoms with van der Waals surface area (Å²) in [5.74, 6) is 0.807. The van der Waals surface area contributed by atoms with Gasteiger partial charge in [-0.25, -0.2) is 4.98 Å². The number of hydrogen-bond donors (Lipinski definition) is 2. The topological polar surface area (TPSA) is 68.8 Å². The molecule has 0 aliphatic heterocycles. The van der Waals surface area contributed by atoms with Gasteiger partial charge >= 0.3 is 0 Å². The summed E-state index contributed by atoms with van der Waals surface area (Å²) in [4.78, 5) is 4.30. The van der Waals surface area contributed by atoms with Crippen LogP contribution in [-0.2, 0) is 6.54 Å². The highest BCUT2D eigenvalue weighted by Gasteiger charge is 2.10. The minimum absolute atomic E-state index is 0.219. The molecular formula is C12H16BrN5. The van der Waals surface area contributed by atoms with Crippen molar-refractivity contribution in [3.63, 3.8) is 0 Å². The highest BCUT2D eigenvalue weighted by Crippen LogP contribution is 2.28. The minimum atomic E-state index is 0.219. The maximum atomic E-state index is 5.80. The number of rotatable bonds is 4. The van der Waals surface area contributed by atoms with E-state index in [1.54, 1.807) is 12.4 Å². The van der Waals surface area contributed by atoms with Crippen molar-refractivity contribution in [1.82, 2.24) is 14.8 Å². The zero-order chi connectivity index (χ0) is 13.1. The zero-order valence-electron chi connectivity index (χ0n) is 10.4. The number of halogens is 1. The smallest absolute Gasteiger partial charge is 0.140 e. The van der Waals surface area contributed by atoms with Crippen LogP contribution in [0.2, 0.25) is 0 Å². The lowest BCUT2D eigenvalue weighted by Gasteiger charge is -2.17. The molecule has 1 unspecified atom stereocenters. The molecule has 6 heteroatoms. The monoisotopic (exact) mass is 309 g/mol. The standard InChI is InChI=1S/C12H16BrN5/c1-8(7-18-5-3-4-16-18)17-12-11(13)9(2)10(14)6-15-12/h3-6,8H,7,14H2,1-2H3,(H,15,17). The predicted molar refractivity (Wildman–Crippen MR) is 76.4 cm³/mol. The first-order valence-corrected chi connectivity index (χ1v) is 6.51. The molecular weight excluding hydrogens is 294 g/mol. The number of nitrogens with two attached hydrogens (primary N) is 1. The molecule has 5 nitrogen and oxygen atoms in total. The van der Waals surface area contributed by atoms with E-state index in [4.69, 9.17) is 5.73 Å². The summed E-state index contributed by atoms with van der Waals surface area (Å²) in [6.07, 6.45) is 5.38. The van der Waals surface area contributed by atoms with Gasteiger partial charge in [0.15, 0.2) is 0 Å². The van der Waals surface area contributed by atoms with Crippen molar-refractivity contribution in [1.29, 1.82) is 0 Å². The van der Waals surface area contributed by atoms with Crippen molar-refractivity contribution in [3.8, 4) is 0 Å². The third kappa shape index (κ3) is 2.81. The van der Waals surface area contributed by atoms with Crippen molar-refractivity contribution < 1.29 is 0 Å². The number of aromatic nitrogens is 3. The van der Waals surface area contributed by atoms with E-state index in [0.717, 1.165) is 22.4 Å². The van der Waals surface area contributed by atoms with Gasteiger partial charge in [-0.05, 0) is 41.4 Å². The Bertz CT molecular complexity index is 524. The number of nitrogens with one attached hydrogen (secondary N) is 1. The van der Waals surface area contributed by atoms with Crippen molar-refractivity contribution in [3.05, 3.63) is 34.7 Å². The van der Waals surface area contributed by atoms with Gasteiger partial charge in [0, 0.05) is 18.4 Å². The van der Waals surface area contributed by atoms with E-state index >= 15 is 0 Å². The molecule has 96 valence electrons. The first kappa shape index (κ1) is 12.9. The molecule has 0 aliphatic rings. The van der Waals surface area contributed by atoms with Crippen molar-refractivity contribution in [2.45, 2.75) is 26.4 Å². The van der Waals surface area contributed by atoms with E-state index in [9.17, 15) is 0 Å². The molecule has 2 aromatic rings. The summed E-state index contributed by atoms with van der Waals surface area (Å²) in [6.45, 7) is 4.83. The summed E-state index contributed by atoms with van der Waals surface area (Å²) in [6, 6.07) is 2.13. The van der Waals surface area contributed by atoms with E-state index in [1.807, 2.05) is 23.9 Å². The second kappa shape index (κ2) is 5.39. The Hall–Kier alpha value is -1.56. The first-order chi connectivity index (χ1) is 8.58. The minimum Gasteiger partial charge on any atom is -0.397 e. The highest BCUT2D eigenvalue weighted by atomic mass is 79.9. The average Bonchev–Trinajstić information content (AvgIpc) is 2.83. The first-order valence-electron chi connectivity index (χ1n) is 5.72. The largest absolute Gasteiger partial charge is 0.397 e. The molecule has 0 aliphatic carbocycles. The van der Waals surface area contributed by atoms with Gasteiger partial charge in [0.2, 0.25) is 0 Å². The van der Waals surface area contributed by atoms with Gasteiger partial charge in [-0.1, -0.05) is 0 Å². The predicted octanol–water partition coefficient (Wildman–Crippen LogP) is 2.43. The van der Waals surface area contributed by atoms with Gasteiger partial charge in [-0.15, -0.1) is 0 Å². The van der Waals surface area contributed by atoms with E-state index in [1.165, 1.54) is 0 Å². The third-order valence-electron chi connectivity index (χ3n) is 2.71. The quantitative estimate of drug-likeness (QED) is 0.910. The number of hydrogen-bond acceptors (Lipinski definition) is 4. The van der Waals surface area contributed by atoms with Gasteiger partial charge in [0.25, 0.3) is 0 Å². The Kier molecular flexibility index (Phi) is 3.86. The van der Waals surface area contributed by atoms with Crippen LogP contribution < -0.4 is 11.1 Å². The van der Waals surface area contributed by atoms with Gasteiger partial charge in [-0.2, -0.15) is 5.10 Å². The average molecular weight is 310 g/mol. The van der Waals surface area contributed by atoms with E-state index in [-0.39, 0.29) is 6.04 Å². The van der Waals surface area contributed by atoms with E-state index in [0.29, 0.717) is 5.69 Å². The van der Waals surface area contributed by atoms with Crippen LogP contribution in [0.1, 0.15) is 12.5 Å². The Morgan fingerprint density at radius 1 is 1.56 bits per heavy atom. The summed E-state index contributed by atoms with van der Waals surface area (Å²) in [5, 5.41) is 7.52. The molecule has 0 amide bonds. The molecule has 0 fully saturated rings. The zero-order valence-corrected chi connectivity index (χ0v) is 12.0. The molecule has 0 bridgehead atoms. The molecule has 0 spiro atoms. The molecule has 3 N–H and O–H groups in total. The van der Waals surface area contributed by atoms with Crippen molar-refractivity contribution >= 4 is 27.4 Å². The van der Waals surface area contributed by atoms with Crippen LogP contribution in [-0.4, -0.2) is 20.8 Å². The van der Waals surface area contributed by atoms with Crippen LogP contribution in [0, 0.1) is 6.92 Å². The van der Waals surface area contributed by atoms with Crippen LogP contribution >= 0.6 is 15.9 Å². The second-order valence-corrected chi connectivity index (χ2v) is 5.07. The van der Waals surface area contributed by atoms with Crippen LogP contribution in [0.4, 0.5) is 11.5 Å². The maximum absolute atomic E-state index is 5.80. The number of anilines is 2. The fourth-order valence-electron chi connectivity index (χ4n) is 1.66. The number of nitrogen functional groups attached to an aromatic ring is 1. The Morgan fingerprint density at radius 3 is 3.00 bits per heavy atom. The summed E-state index contributed by atoms with van der Waals surface area (Å²) in [7, 11) is 0. The normalized spacial score (nSPS) is 12.4. The molecule has 2 heterocycles. The Labute approximate surface area is 115 Å². The Morgan fingerprint density at radius 2 is 2.33 bits per heavy atom. The molecule has 0 saturated carbocycles. The molecule has 0 saturated heterocycles. The molecule has 2 aromatic heterocycles. The molecule has 18 heavy (non-hydrogen) atoms. The Balaban J connectivity index is 2.07. The lowest BCUT2D eigenvalue weighted by atomic mass is 10.2. The molecule has 0 aromatic carbocycles. The SMILES string of the molecule is Cc1c(N)cnc(NC(C)Cn2cccn2)c1Br. The van der Waals surface area contributed by atoms with Crippen molar-refractivity contribution in [2.24, 2.45) is 0 Å². The van der Waals surface area contributed by atoms with Gasteiger partial charge in [0.05, 0.1) is 22.9 Å². The van der Waals surface area contributed by atoms with Gasteiger partial charge < -0.3 is 11.1 Å². The van der Waals surface area contributed by atoms with E-state index in [2.05, 4.69) is 38.3 Å². The van der Waals surface area contributed by atoms with Crippen LogP contribution in [0.3, 0.4) is 0 Å². The van der Waals surface area contributed by atoms with Crippen molar-refractivity contribution in [2.75, 3.05) is 11.1 Å². The van der Waals surface area contributed by atoms with Crippen LogP contribution in [0.15, 0.2) is 29.1 Å². The number of pyridine rings is 1. The third-order valence-corrected chi connectivity index (χ3v) is 3.68. The molecule has 1 atom stereocenters. The lowest BCUT2D eigenvalue weighted by molar-refractivity contribution is 0.559. The van der Waals surface area contributed by atoms with Gasteiger partial charge in [-0.3, -0.25) is 4.68 Å². The van der Waals surface area contributed by atoms with Gasteiger partial charge in [0.1, 0.15) is 5.82 Å². The lowest BCUT2D eigenvalue weighted by Crippen LogP contribution is -2.23. The summed E-state index contributed by atoms with van der Waals surface area (Å²) >= 11 is 3.51. The highest BCUT2D eigenvalue weighted by molar-refractivity contribution is 9.10. The second-order valence-electron chi connectivity index (χ2n) is 4.27. The molecule has 2 rings (SSSR count). The van der Waals surface area contributed by atoms with Crippen LogP contribution in [0.25, 0.3) is 0 Å². The van der Waals surface area contributed by atoms with Crippen LogP contribution in [0.5, 0.6) is 0 Å². The fraction of sp³-hybridized carbons (Fsp3) is 0.333. The van der Waals surface area contributed by atoms with E-state index < -0.39 is 0 Å². The number of nitrogens with zero attached hydrogens (tertiary/aromatic N) is 3. The molecule has 0 radical (unpaired) electrons. The maximum Gasteiger partial charge on any atom is 0.140 e. The summed E-state index contributed by atoms with van der Waals surface area (Å²) < 4.78 is 2.80. The fourth-order valence-corrected chi connectivity index (χ4v) is 2.11. The summed E-state index contributed by atoms with van der Waals surface area (Å²) in [5.41, 5.74) is 7.48.